The van der Waals surface area contributed by atoms with E-state index < -0.39 is 16.4 Å². The summed E-state index contributed by atoms with van der Waals surface area (Å²) in [4.78, 5) is 10.2. The molecule has 0 aliphatic carbocycles. The molecule has 19 heavy (non-hydrogen) atoms. The Morgan fingerprint density at radius 1 is 1.47 bits per heavy atom. The van der Waals surface area contributed by atoms with Gasteiger partial charge in [-0.05, 0) is 18.7 Å². The lowest BCUT2D eigenvalue weighted by Crippen LogP contribution is -2.11. The Balaban J connectivity index is 2.36. The van der Waals surface area contributed by atoms with Gasteiger partial charge in [0.05, 0.1) is 17.5 Å². The molecule has 2 aromatic rings. The highest BCUT2D eigenvalue weighted by atomic mass is 19.1. The van der Waals surface area contributed by atoms with E-state index in [1.54, 1.807) is 0 Å². The van der Waals surface area contributed by atoms with E-state index in [0.717, 1.165) is 18.7 Å². The molecule has 0 saturated heterocycles. The lowest BCUT2D eigenvalue weighted by atomic mass is 10.2. The molecule has 1 heterocycles. The van der Waals surface area contributed by atoms with Crippen molar-refractivity contribution in [2.45, 2.75) is 13.5 Å². The van der Waals surface area contributed by atoms with Crippen molar-refractivity contribution in [3.8, 4) is 11.5 Å². The Morgan fingerprint density at radius 2 is 2.26 bits per heavy atom. The Labute approximate surface area is 107 Å². The minimum absolute atomic E-state index is 0.000368. The molecule has 1 aromatic heterocycles. The first-order valence-electron chi connectivity index (χ1n) is 5.59. The van der Waals surface area contributed by atoms with Crippen molar-refractivity contribution in [3.05, 3.63) is 40.0 Å². The van der Waals surface area contributed by atoms with Crippen LogP contribution in [0.4, 0.5) is 10.1 Å². The molecule has 0 bridgehead atoms. The van der Waals surface area contributed by atoms with Gasteiger partial charge in [0.25, 0.3) is 11.6 Å². The minimum Gasteiger partial charge on any atom is -0.419 e. The van der Waals surface area contributed by atoms with Crippen molar-refractivity contribution < 1.29 is 13.7 Å². The van der Waals surface area contributed by atoms with Gasteiger partial charge in [-0.25, -0.2) is 4.39 Å². The average Bonchev–Trinajstić information content (AvgIpc) is 2.84. The van der Waals surface area contributed by atoms with Gasteiger partial charge < -0.3 is 9.73 Å². The molecule has 8 heteroatoms. The van der Waals surface area contributed by atoms with Crippen molar-refractivity contribution in [1.82, 2.24) is 15.5 Å². The zero-order chi connectivity index (χ0) is 13.8. The quantitative estimate of drug-likeness (QED) is 0.656. The molecule has 100 valence electrons. The smallest absolute Gasteiger partial charge is 0.285 e. The summed E-state index contributed by atoms with van der Waals surface area (Å²) in [6, 6.07) is 3.18. The van der Waals surface area contributed by atoms with Gasteiger partial charge in [-0.3, -0.25) is 10.1 Å². The monoisotopic (exact) mass is 266 g/mol. The second-order valence-corrected chi connectivity index (χ2v) is 3.70. The zero-order valence-electron chi connectivity index (χ0n) is 10.1. The van der Waals surface area contributed by atoms with E-state index in [-0.39, 0.29) is 11.5 Å². The van der Waals surface area contributed by atoms with Gasteiger partial charge in [-0.15, -0.1) is 10.2 Å². The summed E-state index contributed by atoms with van der Waals surface area (Å²) in [7, 11) is 0. The van der Waals surface area contributed by atoms with Crippen LogP contribution in [0.5, 0.6) is 0 Å². The maximum Gasteiger partial charge on any atom is 0.285 e. The molecule has 0 fully saturated rings. The fraction of sp³-hybridized carbons (Fsp3) is 0.273. The van der Waals surface area contributed by atoms with Gasteiger partial charge in [-0.1, -0.05) is 6.92 Å². The van der Waals surface area contributed by atoms with Gasteiger partial charge in [-0.2, -0.15) is 0 Å². The SMILES string of the molecule is CCNCc1nnc(-c2ccc(F)cc2[N+](=O)[O-])o1. The van der Waals surface area contributed by atoms with Crippen LogP contribution >= 0.6 is 0 Å². The Kier molecular flexibility index (Phi) is 3.81. The highest BCUT2D eigenvalue weighted by Crippen LogP contribution is 2.29. The number of nitrogens with zero attached hydrogens (tertiary/aromatic N) is 3. The molecule has 0 atom stereocenters. The van der Waals surface area contributed by atoms with Crippen LogP contribution < -0.4 is 5.32 Å². The summed E-state index contributed by atoms with van der Waals surface area (Å²) in [6.45, 7) is 3.02. The summed E-state index contributed by atoms with van der Waals surface area (Å²) < 4.78 is 18.3. The molecule has 0 unspecified atom stereocenters. The number of hydrogen-bond donors (Lipinski definition) is 1. The van der Waals surface area contributed by atoms with E-state index in [1.807, 2.05) is 6.92 Å². The van der Waals surface area contributed by atoms with Crippen molar-refractivity contribution in [1.29, 1.82) is 0 Å². The number of aromatic nitrogens is 2. The molecule has 0 aliphatic heterocycles. The van der Waals surface area contributed by atoms with Crippen LogP contribution in [0.15, 0.2) is 22.6 Å². The van der Waals surface area contributed by atoms with Crippen LogP contribution in [0.1, 0.15) is 12.8 Å². The summed E-state index contributed by atoms with van der Waals surface area (Å²) in [6.07, 6.45) is 0. The standard InChI is InChI=1S/C11H11FN4O3/c1-2-13-6-10-14-15-11(19-10)8-4-3-7(12)5-9(8)16(17)18/h3-5,13H,2,6H2,1H3. The lowest BCUT2D eigenvalue weighted by Gasteiger charge is -1.98. The first-order valence-corrected chi connectivity index (χ1v) is 5.59. The second kappa shape index (κ2) is 5.53. The predicted molar refractivity (Wildman–Crippen MR) is 63.7 cm³/mol. The maximum absolute atomic E-state index is 13.0. The van der Waals surface area contributed by atoms with E-state index in [0.29, 0.717) is 12.4 Å². The van der Waals surface area contributed by atoms with Crippen LogP contribution in [0, 0.1) is 15.9 Å². The lowest BCUT2D eigenvalue weighted by molar-refractivity contribution is -0.384. The molecule has 2 rings (SSSR count). The van der Waals surface area contributed by atoms with Crippen LogP contribution in [-0.2, 0) is 6.54 Å². The first-order chi connectivity index (χ1) is 9.11. The van der Waals surface area contributed by atoms with Crippen LogP contribution in [0.2, 0.25) is 0 Å². The Morgan fingerprint density at radius 3 is 2.95 bits per heavy atom. The van der Waals surface area contributed by atoms with E-state index in [4.69, 9.17) is 4.42 Å². The van der Waals surface area contributed by atoms with Gasteiger partial charge in [0.1, 0.15) is 11.4 Å². The van der Waals surface area contributed by atoms with Gasteiger partial charge in [0.15, 0.2) is 0 Å². The average molecular weight is 266 g/mol. The summed E-state index contributed by atoms with van der Waals surface area (Å²) in [5.74, 6) is -0.377. The van der Waals surface area contributed by atoms with Gasteiger partial charge >= 0.3 is 0 Å². The molecule has 1 N–H and O–H groups in total. The highest BCUT2D eigenvalue weighted by molar-refractivity contribution is 5.66. The normalized spacial score (nSPS) is 10.6. The first kappa shape index (κ1) is 13.1. The summed E-state index contributed by atoms with van der Waals surface area (Å²) in [5, 5.41) is 21.3. The molecule has 7 nitrogen and oxygen atoms in total. The zero-order valence-corrected chi connectivity index (χ0v) is 10.1. The number of hydrogen-bond acceptors (Lipinski definition) is 6. The topological polar surface area (TPSA) is 94.1 Å². The van der Waals surface area contributed by atoms with Crippen molar-refractivity contribution in [2.75, 3.05) is 6.54 Å². The van der Waals surface area contributed by atoms with E-state index in [2.05, 4.69) is 15.5 Å². The fourth-order valence-electron chi connectivity index (χ4n) is 1.50. The van der Waals surface area contributed by atoms with E-state index >= 15 is 0 Å². The van der Waals surface area contributed by atoms with E-state index in [9.17, 15) is 14.5 Å². The largest absolute Gasteiger partial charge is 0.419 e. The number of benzene rings is 1. The molecular formula is C11H11FN4O3. The van der Waals surface area contributed by atoms with Gasteiger partial charge in [0.2, 0.25) is 5.89 Å². The third kappa shape index (κ3) is 2.91. The molecule has 0 spiro atoms. The fourth-order valence-corrected chi connectivity index (χ4v) is 1.50. The molecule has 0 radical (unpaired) electrons. The van der Waals surface area contributed by atoms with Crippen molar-refractivity contribution in [3.63, 3.8) is 0 Å². The molecule has 0 aliphatic rings. The Hall–Kier alpha value is -2.35. The number of nitro groups is 1. The number of nitro benzene ring substituents is 1. The van der Waals surface area contributed by atoms with Gasteiger partial charge in [0, 0.05) is 0 Å². The molecular weight excluding hydrogens is 255 g/mol. The van der Waals surface area contributed by atoms with Crippen molar-refractivity contribution >= 4 is 5.69 Å². The minimum atomic E-state index is -0.692. The molecule has 1 aromatic carbocycles. The van der Waals surface area contributed by atoms with Crippen LogP contribution in [-0.4, -0.2) is 21.7 Å². The highest BCUT2D eigenvalue weighted by Gasteiger charge is 2.21. The van der Waals surface area contributed by atoms with E-state index in [1.165, 1.54) is 6.07 Å². The van der Waals surface area contributed by atoms with Crippen LogP contribution in [0.25, 0.3) is 11.5 Å². The summed E-state index contributed by atoms with van der Waals surface area (Å²) >= 11 is 0. The maximum atomic E-state index is 13.0. The summed E-state index contributed by atoms with van der Waals surface area (Å²) in [5.41, 5.74) is -0.305. The predicted octanol–water partition coefficient (Wildman–Crippen LogP) is 1.89. The Bertz CT molecular complexity index is 599. The van der Waals surface area contributed by atoms with Crippen LogP contribution in [0.3, 0.4) is 0 Å². The number of halogens is 1. The van der Waals surface area contributed by atoms with Crippen molar-refractivity contribution in [2.24, 2.45) is 0 Å². The number of nitrogens with one attached hydrogen (secondary N) is 1. The number of rotatable bonds is 5. The molecule has 0 amide bonds. The third-order valence-electron chi connectivity index (χ3n) is 2.38. The second-order valence-electron chi connectivity index (χ2n) is 3.70. The molecule has 0 saturated carbocycles. The third-order valence-corrected chi connectivity index (χ3v) is 2.38.